The van der Waals surface area contributed by atoms with Crippen LogP contribution in [0.2, 0.25) is 0 Å². The number of alkyl halides is 3. The molecule has 4 heteroatoms. The Morgan fingerprint density at radius 3 is 2.37 bits per heavy atom. The molecule has 0 bridgehead atoms. The average molecular weight is 271 g/mol. The Hall–Kier alpha value is -1.03. The van der Waals surface area contributed by atoms with Crippen LogP contribution in [-0.2, 0) is 12.7 Å². The maximum atomic E-state index is 12.4. The number of halogens is 3. The van der Waals surface area contributed by atoms with Crippen LogP contribution in [0, 0.1) is 11.8 Å². The molecule has 0 aromatic heterocycles. The maximum Gasteiger partial charge on any atom is 0.416 e. The molecule has 0 heterocycles. The van der Waals surface area contributed by atoms with Crippen molar-refractivity contribution >= 4 is 0 Å². The minimum atomic E-state index is -4.24. The van der Waals surface area contributed by atoms with E-state index >= 15 is 0 Å². The molecule has 0 spiro atoms. The SMILES string of the molecule is CC1CCCC1CNCc1ccc(C(F)(F)F)cc1. The smallest absolute Gasteiger partial charge is 0.312 e. The van der Waals surface area contributed by atoms with Gasteiger partial charge in [0.15, 0.2) is 0 Å². The lowest BCUT2D eigenvalue weighted by atomic mass is 9.98. The fraction of sp³-hybridized carbons (Fsp3) is 0.600. The van der Waals surface area contributed by atoms with Gasteiger partial charge in [0.2, 0.25) is 0 Å². The highest BCUT2D eigenvalue weighted by Crippen LogP contribution is 2.31. The van der Waals surface area contributed by atoms with Gasteiger partial charge in [0.05, 0.1) is 5.56 Å². The number of hydrogen-bond acceptors (Lipinski definition) is 1. The van der Waals surface area contributed by atoms with E-state index in [4.69, 9.17) is 0 Å². The standard InChI is InChI=1S/C15H20F3N/c1-11-3-2-4-13(11)10-19-9-12-5-7-14(8-6-12)15(16,17)18/h5-8,11,13,19H,2-4,9-10H2,1H3. The molecule has 1 aromatic rings. The Balaban J connectivity index is 1.80. The lowest BCUT2D eigenvalue weighted by Crippen LogP contribution is -2.23. The molecule has 1 nitrogen and oxygen atoms in total. The summed E-state index contributed by atoms with van der Waals surface area (Å²) in [6, 6.07) is 5.40. The van der Waals surface area contributed by atoms with Gasteiger partial charge in [-0.2, -0.15) is 13.2 Å². The Labute approximate surface area is 112 Å². The van der Waals surface area contributed by atoms with Gasteiger partial charge >= 0.3 is 6.18 Å². The molecule has 0 aliphatic heterocycles. The summed E-state index contributed by atoms with van der Waals surface area (Å²) in [4.78, 5) is 0. The molecule has 1 aliphatic rings. The summed E-state index contributed by atoms with van der Waals surface area (Å²) < 4.78 is 37.2. The molecule has 0 radical (unpaired) electrons. The molecule has 0 amide bonds. The van der Waals surface area contributed by atoms with Gasteiger partial charge in [0.1, 0.15) is 0 Å². The zero-order chi connectivity index (χ0) is 13.9. The average Bonchev–Trinajstić information content (AvgIpc) is 2.75. The Morgan fingerprint density at radius 1 is 1.16 bits per heavy atom. The van der Waals surface area contributed by atoms with E-state index in [9.17, 15) is 13.2 Å². The summed E-state index contributed by atoms with van der Waals surface area (Å²) in [6.45, 7) is 3.88. The van der Waals surface area contributed by atoms with Crippen molar-refractivity contribution < 1.29 is 13.2 Å². The van der Waals surface area contributed by atoms with Gasteiger partial charge in [-0.25, -0.2) is 0 Å². The minimum absolute atomic E-state index is 0.583. The second kappa shape index (κ2) is 5.95. The second-order valence-corrected chi connectivity index (χ2v) is 5.49. The summed E-state index contributed by atoms with van der Waals surface area (Å²) in [7, 11) is 0. The van der Waals surface area contributed by atoms with Crippen LogP contribution in [0.5, 0.6) is 0 Å². The van der Waals surface area contributed by atoms with Gasteiger partial charge in [0.25, 0.3) is 0 Å². The van der Waals surface area contributed by atoms with Gasteiger partial charge in [-0.3, -0.25) is 0 Å². The van der Waals surface area contributed by atoms with E-state index < -0.39 is 11.7 Å². The Bertz CT molecular complexity index is 397. The summed E-state index contributed by atoms with van der Waals surface area (Å²) >= 11 is 0. The predicted molar refractivity (Wildman–Crippen MR) is 69.7 cm³/mol. The first kappa shape index (κ1) is 14.4. The second-order valence-electron chi connectivity index (χ2n) is 5.49. The monoisotopic (exact) mass is 271 g/mol. The first-order chi connectivity index (χ1) is 8.97. The van der Waals surface area contributed by atoms with Crippen LogP contribution >= 0.6 is 0 Å². The van der Waals surface area contributed by atoms with Gasteiger partial charge in [-0.15, -0.1) is 0 Å². The molecule has 2 rings (SSSR count). The molecule has 1 saturated carbocycles. The van der Waals surface area contributed by atoms with Crippen LogP contribution in [0.25, 0.3) is 0 Å². The number of benzene rings is 1. The van der Waals surface area contributed by atoms with Gasteiger partial charge in [0, 0.05) is 6.54 Å². The number of nitrogens with one attached hydrogen (secondary N) is 1. The first-order valence-electron chi connectivity index (χ1n) is 6.83. The Kier molecular flexibility index (Phi) is 4.50. The van der Waals surface area contributed by atoms with Crippen molar-refractivity contribution in [3.05, 3.63) is 35.4 Å². The topological polar surface area (TPSA) is 12.0 Å². The van der Waals surface area contributed by atoms with Crippen LogP contribution in [-0.4, -0.2) is 6.54 Å². The van der Waals surface area contributed by atoms with Crippen molar-refractivity contribution in [1.82, 2.24) is 5.32 Å². The molecule has 1 N–H and O–H groups in total. The van der Waals surface area contributed by atoms with Gasteiger partial charge in [-0.05, 0) is 42.5 Å². The largest absolute Gasteiger partial charge is 0.416 e. The zero-order valence-electron chi connectivity index (χ0n) is 11.1. The number of hydrogen-bond donors (Lipinski definition) is 1. The van der Waals surface area contributed by atoms with E-state index in [0.29, 0.717) is 6.54 Å². The van der Waals surface area contributed by atoms with Crippen LogP contribution in [0.1, 0.15) is 37.3 Å². The highest BCUT2D eigenvalue weighted by Gasteiger charge is 2.29. The summed E-state index contributed by atoms with van der Waals surface area (Å²) in [6.07, 6.45) is -0.382. The van der Waals surface area contributed by atoms with E-state index in [1.165, 1.54) is 19.3 Å². The quantitative estimate of drug-likeness (QED) is 0.864. The summed E-state index contributed by atoms with van der Waals surface area (Å²) in [5.74, 6) is 1.48. The fourth-order valence-electron chi connectivity index (χ4n) is 2.74. The molecular formula is C15H20F3N. The van der Waals surface area contributed by atoms with Crippen LogP contribution in [0.15, 0.2) is 24.3 Å². The fourth-order valence-corrected chi connectivity index (χ4v) is 2.74. The van der Waals surface area contributed by atoms with E-state index in [-0.39, 0.29) is 0 Å². The first-order valence-corrected chi connectivity index (χ1v) is 6.83. The highest BCUT2D eigenvalue weighted by atomic mass is 19.4. The van der Waals surface area contributed by atoms with Crippen molar-refractivity contribution in [1.29, 1.82) is 0 Å². The van der Waals surface area contributed by atoms with Crippen molar-refractivity contribution in [3.63, 3.8) is 0 Å². The molecule has 1 aromatic carbocycles. The zero-order valence-corrected chi connectivity index (χ0v) is 11.1. The predicted octanol–water partition coefficient (Wildman–Crippen LogP) is 4.23. The third kappa shape index (κ3) is 3.96. The third-order valence-corrected chi connectivity index (χ3v) is 4.06. The molecule has 19 heavy (non-hydrogen) atoms. The lowest BCUT2D eigenvalue weighted by Gasteiger charge is -2.16. The van der Waals surface area contributed by atoms with Gasteiger partial charge in [-0.1, -0.05) is 31.9 Å². The van der Waals surface area contributed by atoms with Gasteiger partial charge < -0.3 is 5.32 Å². The van der Waals surface area contributed by atoms with E-state index in [0.717, 1.165) is 36.1 Å². The highest BCUT2D eigenvalue weighted by molar-refractivity contribution is 5.24. The summed E-state index contributed by atoms with van der Waals surface area (Å²) in [5.41, 5.74) is 0.319. The maximum absolute atomic E-state index is 12.4. The van der Waals surface area contributed by atoms with Crippen molar-refractivity contribution in [3.8, 4) is 0 Å². The van der Waals surface area contributed by atoms with E-state index in [2.05, 4.69) is 12.2 Å². The molecule has 1 fully saturated rings. The normalized spacial score (nSPS) is 23.8. The molecule has 106 valence electrons. The molecule has 2 atom stereocenters. The Morgan fingerprint density at radius 2 is 1.84 bits per heavy atom. The minimum Gasteiger partial charge on any atom is -0.312 e. The number of rotatable bonds is 4. The van der Waals surface area contributed by atoms with Crippen molar-refractivity contribution in [2.75, 3.05) is 6.54 Å². The van der Waals surface area contributed by atoms with Crippen molar-refractivity contribution in [2.45, 2.75) is 38.9 Å². The van der Waals surface area contributed by atoms with E-state index in [1.807, 2.05) is 0 Å². The molecular weight excluding hydrogens is 251 g/mol. The third-order valence-electron chi connectivity index (χ3n) is 4.06. The molecule has 2 unspecified atom stereocenters. The van der Waals surface area contributed by atoms with Crippen LogP contribution in [0.3, 0.4) is 0 Å². The lowest BCUT2D eigenvalue weighted by molar-refractivity contribution is -0.137. The summed E-state index contributed by atoms with van der Waals surface area (Å²) in [5, 5.41) is 3.35. The van der Waals surface area contributed by atoms with Crippen LogP contribution < -0.4 is 5.32 Å². The molecule has 0 saturated heterocycles. The molecule has 1 aliphatic carbocycles. The van der Waals surface area contributed by atoms with Crippen molar-refractivity contribution in [2.24, 2.45) is 11.8 Å². The van der Waals surface area contributed by atoms with E-state index in [1.54, 1.807) is 12.1 Å². The van der Waals surface area contributed by atoms with Crippen LogP contribution in [0.4, 0.5) is 13.2 Å².